The first-order valence-electron chi connectivity index (χ1n) is 4.72. The average molecular weight is 251 g/mol. The average Bonchev–Trinajstić information content (AvgIpc) is 2.15. The summed E-state index contributed by atoms with van der Waals surface area (Å²) in [7, 11) is 0. The van der Waals surface area contributed by atoms with E-state index in [2.05, 4.69) is 9.97 Å². The first kappa shape index (κ1) is 13.3. The van der Waals surface area contributed by atoms with Gasteiger partial charge < -0.3 is 5.11 Å². The number of aliphatic hydroxyl groups excluding tert-OH is 1. The third-order valence-electron chi connectivity index (χ3n) is 2.10. The van der Waals surface area contributed by atoms with Crippen molar-refractivity contribution in [3.8, 4) is 0 Å². The summed E-state index contributed by atoms with van der Waals surface area (Å²) in [5.74, 6) is -0.630. The maximum Gasteiger partial charge on any atom is 0.297 e. The van der Waals surface area contributed by atoms with Gasteiger partial charge in [0.25, 0.3) is 6.43 Å². The molecule has 3 nitrogen and oxygen atoms in total. The lowest BCUT2D eigenvalue weighted by atomic mass is 9.86. The third kappa shape index (κ3) is 2.86. The molecule has 90 valence electrons. The molecular weight excluding hydrogens is 238 g/mol. The molecule has 1 unspecified atom stereocenters. The first-order valence-corrected chi connectivity index (χ1v) is 5.10. The Balaban J connectivity index is 3.09. The normalized spacial score (nSPS) is 14.2. The lowest BCUT2D eigenvalue weighted by molar-refractivity contribution is 0.0617. The molecule has 1 N–H and O–H groups in total. The van der Waals surface area contributed by atoms with Crippen molar-refractivity contribution >= 4 is 11.6 Å². The van der Waals surface area contributed by atoms with E-state index in [1.807, 2.05) is 0 Å². The third-order valence-corrected chi connectivity index (χ3v) is 2.40. The van der Waals surface area contributed by atoms with Crippen molar-refractivity contribution in [2.75, 3.05) is 0 Å². The van der Waals surface area contributed by atoms with Gasteiger partial charge in [-0.3, -0.25) is 0 Å². The van der Waals surface area contributed by atoms with Crippen LogP contribution in [-0.2, 0) is 0 Å². The zero-order valence-corrected chi connectivity index (χ0v) is 9.96. The predicted molar refractivity (Wildman–Crippen MR) is 56.4 cm³/mol. The number of hydrogen-bond donors (Lipinski definition) is 1. The molecule has 0 amide bonds. The number of alkyl halides is 2. The highest BCUT2D eigenvalue weighted by molar-refractivity contribution is 6.30. The van der Waals surface area contributed by atoms with Crippen LogP contribution in [0, 0.1) is 5.41 Å². The fourth-order valence-corrected chi connectivity index (χ4v) is 1.38. The van der Waals surface area contributed by atoms with Gasteiger partial charge in [-0.25, -0.2) is 18.7 Å². The number of aliphatic hydroxyl groups is 1. The molecule has 0 aliphatic carbocycles. The fourth-order valence-electron chi connectivity index (χ4n) is 1.14. The Bertz CT molecular complexity index is 380. The van der Waals surface area contributed by atoms with Crippen LogP contribution < -0.4 is 0 Å². The van der Waals surface area contributed by atoms with Crippen molar-refractivity contribution in [2.45, 2.75) is 33.3 Å². The molecule has 1 heterocycles. The molecule has 0 fully saturated rings. The van der Waals surface area contributed by atoms with Crippen LogP contribution in [0.2, 0.25) is 5.15 Å². The van der Waals surface area contributed by atoms with Crippen LogP contribution in [-0.4, -0.2) is 15.1 Å². The Hall–Kier alpha value is -0.810. The van der Waals surface area contributed by atoms with Gasteiger partial charge >= 0.3 is 0 Å². The van der Waals surface area contributed by atoms with Crippen LogP contribution >= 0.6 is 11.6 Å². The van der Waals surface area contributed by atoms with Crippen LogP contribution in [0.5, 0.6) is 0 Å². The largest absolute Gasteiger partial charge is 0.388 e. The highest BCUT2D eigenvalue weighted by Crippen LogP contribution is 2.35. The quantitative estimate of drug-likeness (QED) is 0.820. The molecule has 0 spiro atoms. The number of hydrogen-bond acceptors (Lipinski definition) is 3. The zero-order chi connectivity index (χ0) is 12.5. The van der Waals surface area contributed by atoms with Crippen molar-refractivity contribution in [2.24, 2.45) is 5.41 Å². The summed E-state index contributed by atoms with van der Waals surface area (Å²) in [4.78, 5) is 6.92. The molecule has 0 aromatic carbocycles. The van der Waals surface area contributed by atoms with E-state index < -0.39 is 23.8 Å². The maximum absolute atomic E-state index is 12.3. The summed E-state index contributed by atoms with van der Waals surface area (Å²) in [5, 5.41) is 9.78. The van der Waals surface area contributed by atoms with Crippen molar-refractivity contribution in [1.82, 2.24) is 9.97 Å². The Kier molecular flexibility index (Phi) is 3.80. The van der Waals surface area contributed by atoms with E-state index in [1.165, 1.54) is 0 Å². The zero-order valence-electron chi connectivity index (χ0n) is 9.21. The van der Waals surface area contributed by atoms with Gasteiger partial charge in [0.1, 0.15) is 5.15 Å². The molecule has 0 aliphatic rings. The van der Waals surface area contributed by atoms with Gasteiger partial charge in [0.2, 0.25) is 0 Å². The number of nitrogens with zero attached hydrogens (tertiary/aromatic N) is 2. The molecule has 6 heteroatoms. The fraction of sp³-hybridized carbons (Fsp3) is 0.600. The molecule has 0 saturated carbocycles. The number of halogens is 3. The lowest BCUT2D eigenvalue weighted by Gasteiger charge is -2.26. The van der Waals surface area contributed by atoms with Crippen LogP contribution in [0.25, 0.3) is 0 Å². The first-order chi connectivity index (χ1) is 7.23. The van der Waals surface area contributed by atoms with Gasteiger partial charge in [-0.2, -0.15) is 0 Å². The van der Waals surface area contributed by atoms with Crippen LogP contribution in [0.1, 0.15) is 44.7 Å². The van der Waals surface area contributed by atoms with E-state index in [0.29, 0.717) is 0 Å². The molecule has 1 rings (SSSR count). The van der Waals surface area contributed by atoms with Gasteiger partial charge in [0, 0.05) is 11.8 Å². The van der Waals surface area contributed by atoms with E-state index in [0.717, 1.165) is 6.20 Å². The maximum atomic E-state index is 12.3. The van der Waals surface area contributed by atoms with Gasteiger partial charge in [-0.05, 0) is 5.41 Å². The summed E-state index contributed by atoms with van der Waals surface area (Å²) >= 11 is 5.73. The summed E-state index contributed by atoms with van der Waals surface area (Å²) in [6, 6.07) is 0. The lowest BCUT2D eigenvalue weighted by Crippen LogP contribution is -2.19. The van der Waals surface area contributed by atoms with E-state index in [4.69, 9.17) is 11.6 Å². The summed E-state index contributed by atoms with van der Waals surface area (Å²) in [6.07, 6.45) is -2.52. The molecular formula is C10H13ClF2N2O. The smallest absolute Gasteiger partial charge is 0.297 e. The highest BCUT2D eigenvalue weighted by atomic mass is 35.5. The van der Waals surface area contributed by atoms with Crippen LogP contribution in [0.3, 0.4) is 0 Å². The monoisotopic (exact) mass is 250 g/mol. The van der Waals surface area contributed by atoms with E-state index in [1.54, 1.807) is 20.8 Å². The minimum atomic E-state index is -2.77. The van der Waals surface area contributed by atoms with Gasteiger partial charge in [0.05, 0.1) is 6.10 Å². The molecule has 1 aromatic rings. The summed E-state index contributed by atoms with van der Waals surface area (Å²) < 4.78 is 24.5. The molecule has 0 aliphatic heterocycles. The minimum Gasteiger partial charge on any atom is -0.388 e. The van der Waals surface area contributed by atoms with Gasteiger partial charge in [0.15, 0.2) is 5.82 Å². The topological polar surface area (TPSA) is 46.0 Å². The van der Waals surface area contributed by atoms with E-state index >= 15 is 0 Å². The van der Waals surface area contributed by atoms with E-state index in [9.17, 15) is 13.9 Å². The molecule has 0 radical (unpaired) electrons. The molecule has 16 heavy (non-hydrogen) atoms. The Morgan fingerprint density at radius 3 is 2.31 bits per heavy atom. The molecule has 0 bridgehead atoms. The number of aromatic nitrogens is 2. The molecule has 1 aromatic heterocycles. The Labute approximate surface area is 97.5 Å². The predicted octanol–water partition coefficient (Wildman–Crippen LogP) is 3.15. The van der Waals surface area contributed by atoms with Crippen LogP contribution in [0.4, 0.5) is 8.78 Å². The van der Waals surface area contributed by atoms with Crippen LogP contribution in [0.15, 0.2) is 6.20 Å². The van der Waals surface area contributed by atoms with Crippen molar-refractivity contribution < 1.29 is 13.9 Å². The summed E-state index contributed by atoms with van der Waals surface area (Å²) in [5.41, 5.74) is -0.196. The second-order valence-electron chi connectivity index (χ2n) is 4.54. The van der Waals surface area contributed by atoms with Crippen molar-refractivity contribution in [1.29, 1.82) is 0 Å². The van der Waals surface area contributed by atoms with Crippen molar-refractivity contribution in [3.63, 3.8) is 0 Å². The number of rotatable bonds is 2. The minimum absolute atomic E-state index is 0.132. The standard InChI is InChI=1S/C10H13ClF2N2O/c1-10(2,3)6(16)5-4-14-9(8(12)13)15-7(5)11/h4,6,8,16H,1-3H3. The van der Waals surface area contributed by atoms with E-state index in [-0.39, 0.29) is 10.7 Å². The molecule has 1 atom stereocenters. The summed E-state index contributed by atoms with van der Waals surface area (Å²) in [6.45, 7) is 5.40. The Morgan fingerprint density at radius 1 is 1.38 bits per heavy atom. The molecule has 0 saturated heterocycles. The van der Waals surface area contributed by atoms with Gasteiger partial charge in [-0.15, -0.1) is 0 Å². The highest BCUT2D eigenvalue weighted by Gasteiger charge is 2.27. The second kappa shape index (κ2) is 4.59. The van der Waals surface area contributed by atoms with Crippen molar-refractivity contribution in [3.05, 3.63) is 22.7 Å². The van der Waals surface area contributed by atoms with Gasteiger partial charge in [-0.1, -0.05) is 32.4 Å². The Morgan fingerprint density at radius 2 is 1.94 bits per heavy atom. The second-order valence-corrected chi connectivity index (χ2v) is 4.90. The SMILES string of the molecule is CC(C)(C)C(O)c1cnc(C(F)F)nc1Cl.